The zero-order valence-electron chi connectivity index (χ0n) is 38.7. The highest BCUT2D eigenvalue weighted by atomic mass is 16.5. The fourth-order valence-electron chi connectivity index (χ4n) is 7.81. The van der Waals surface area contributed by atoms with E-state index >= 15 is 0 Å². The topological polar surface area (TPSA) is 283 Å². The van der Waals surface area contributed by atoms with Crippen LogP contribution in [0.4, 0.5) is 0 Å². The number of benzene rings is 3. The van der Waals surface area contributed by atoms with Crippen molar-refractivity contribution in [2.75, 3.05) is 46.4 Å². The molecular formula is C49H63N11O7. The van der Waals surface area contributed by atoms with E-state index in [-0.39, 0.29) is 52.2 Å². The average molecular weight is 918 g/mol. The van der Waals surface area contributed by atoms with E-state index in [4.69, 9.17) is 26.7 Å². The Morgan fingerprint density at radius 1 is 0.881 bits per heavy atom. The summed E-state index contributed by atoms with van der Waals surface area (Å²) in [6, 6.07) is 12.5. The van der Waals surface area contributed by atoms with Gasteiger partial charge in [0.2, 0.25) is 23.6 Å². The van der Waals surface area contributed by atoms with Gasteiger partial charge < -0.3 is 52.8 Å². The number of aryl methyl sites for hydroxylation is 2. The number of carbonyl (C=O) groups is 5. The minimum atomic E-state index is -1.39. The summed E-state index contributed by atoms with van der Waals surface area (Å²) in [5.74, 6) is -1.64. The highest BCUT2D eigenvalue weighted by Crippen LogP contribution is 2.40. The number of nitrogens with one attached hydrogen (secondary N) is 4. The SMILES string of the molecule is CCCCCCc1ncc(-c2ccc(C(=O)NC(CCN)C(=O)N(C)[C@@H]3C(=O)N[C@@H](C)C(=O)N[C@H](C(=O)NCC#N)Cc4ccc(OCCN)c(c4)-c4cc3ccc4OCCN)c(C)c2)cn1. The normalized spacial score (nSPS) is 16.3. The fourth-order valence-corrected chi connectivity index (χ4v) is 7.81. The zero-order valence-corrected chi connectivity index (χ0v) is 38.7. The van der Waals surface area contributed by atoms with Crippen LogP contribution in [-0.4, -0.2) is 109 Å². The van der Waals surface area contributed by atoms with Crippen molar-refractivity contribution in [1.29, 1.82) is 5.26 Å². The van der Waals surface area contributed by atoms with Crippen LogP contribution in [0.2, 0.25) is 0 Å². The number of fused-ring (bicyclic) bond motifs is 5. The molecule has 1 aromatic heterocycles. The number of nitriles is 1. The van der Waals surface area contributed by atoms with Crippen molar-refractivity contribution in [2.45, 2.75) is 89.9 Å². The number of carbonyl (C=O) groups excluding carboxylic acids is 5. The van der Waals surface area contributed by atoms with Crippen molar-refractivity contribution in [3.63, 3.8) is 0 Å². The third-order valence-electron chi connectivity index (χ3n) is 11.4. The second-order valence-corrected chi connectivity index (χ2v) is 16.4. The molecule has 356 valence electrons. The first-order valence-electron chi connectivity index (χ1n) is 22.7. The molecule has 18 nitrogen and oxygen atoms in total. The Morgan fingerprint density at radius 2 is 1.57 bits per heavy atom. The highest BCUT2D eigenvalue weighted by Gasteiger charge is 2.36. The standard InChI is InChI=1S/C49H63N11O7/c1-5-6-7-8-9-43-55-28-35(29-56-43)33-11-13-36(30(2)24-33)46(62)58-39(16-17-50)49(65)60(4)44-34-12-15-42(67-23-20-53)38(27-34)37-25-32(10-14-41(37)66-22-19-52)26-40(47(63)54-21-18-51)59-45(61)31(3)57-48(44)64/h10-15,24-25,27-29,31,39-40,44H,5-9,16-17,19-23,26,50,52-53H2,1-4H3,(H,54,63)(H,57,64)(H,58,62)(H,59,61)/t31-,39?,40-,44-/m0/s1. The van der Waals surface area contributed by atoms with Gasteiger partial charge in [-0.25, -0.2) is 9.97 Å². The predicted molar refractivity (Wildman–Crippen MR) is 253 cm³/mol. The first kappa shape index (κ1) is 51.1. The lowest BCUT2D eigenvalue weighted by Crippen LogP contribution is -2.56. The van der Waals surface area contributed by atoms with Gasteiger partial charge >= 0.3 is 0 Å². The summed E-state index contributed by atoms with van der Waals surface area (Å²) in [7, 11) is 1.43. The van der Waals surface area contributed by atoms with E-state index in [1.165, 1.54) is 25.3 Å². The Labute approximate surface area is 391 Å². The molecule has 5 amide bonds. The molecule has 0 aliphatic carbocycles. The third-order valence-corrected chi connectivity index (χ3v) is 11.4. The van der Waals surface area contributed by atoms with Crippen LogP contribution in [-0.2, 0) is 32.0 Å². The molecule has 1 unspecified atom stereocenters. The van der Waals surface area contributed by atoms with Crippen LogP contribution in [0, 0.1) is 18.3 Å². The molecule has 1 aliphatic heterocycles. The molecule has 10 N–H and O–H groups in total. The Kier molecular flexibility index (Phi) is 19.1. The quantitative estimate of drug-likeness (QED) is 0.0497. The molecule has 0 saturated heterocycles. The molecule has 0 saturated carbocycles. The lowest BCUT2D eigenvalue weighted by atomic mass is 9.93. The van der Waals surface area contributed by atoms with Crippen LogP contribution >= 0.6 is 0 Å². The van der Waals surface area contributed by atoms with E-state index in [9.17, 15) is 29.2 Å². The van der Waals surface area contributed by atoms with Gasteiger partial charge in [0, 0.05) is 67.6 Å². The summed E-state index contributed by atoms with van der Waals surface area (Å²) < 4.78 is 12.2. The molecule has 4 atom stereocenters. The predicted octanol–water partition coefficient (Wildman–Crippen LogP) is 2.75. The summed E-state index contributed by atoms with van der Waals surface area (Å²) in [5, 5.41) is 20.0. The molecule has 18 heteroatoms. The van der Waals surface area contributed by atoms with Gasteiger partial charge in [-0.2, -0.15) is 5.26 Å². The maximum absolute atomic E-state index is 14.7. The maximum Gasteiger partial charge on any atom is 0.252 e. The van der Waals surface area contributed by atoms with E-state index in [1.54, 1.807) is 67.8 Å². The molecule has 0 radical (unpaired) electrons. The summed E-state index contributed by atoms with van der Waals surface area (Å²) in [4.78, 5) is 80.6. The van der Waals surface area contributed by atoms with Crippen LogP contribution in [0.25, 0.3) is 22.3 Å². The van der Waals surface area contributed by atoms with Gasteiger partial charge in [0.15, 0.2) is 0 Å². The van der Waals surface area contributed by atoms with Crippen LogP contribution in [0.3, 0.4) is 0 Å². The number of aromatic nitrogens is 2. The number of hydrogen-bond donors (Lipinski definition) is 7. The number of likely N-dealkylation sites (N-methyl/N-ethyl adjacent to an activating group) is 1. The van der Waals surface area contributed by atoms with Crippen LogP contribution in [0.1, 0.15) is 84.9 Å². The maximum atomic E-state index is 14.7. The van der Waals surface area contributed by atoms with E-state index in [0.29, 0.717) is 44.9 Å². The van der Waals surface area contributed by atoms with Gasteiger partial charge in [-0.15, -0.1) is 0 Å². The lowest BCUT2D eigenvalue weighted by Gasteiger charge is -2.32. The molecule has 67 heavy (non-hydrogen) atoms. The van der Waals surface area contributed by atoms with E-state index in [1.807, 2.05) is 12.1 Å². The van der Waals surface area contributed by atoms with Crippen molar-refractivity contribution in [2.24, 2.45) is 17.2 Å². The third kappa shape index (κ3) is 13.6. The van der Waals surface area contributed by atoms with Crippen LogP contribution in [0.15, 0.2) is 67.0 Å². The first-order valence-corrected chi connectivity index (χ1v) is 22.7. The Balaban J connectivity index is 1.51. The molecule has 4 bridgehead atoms. The number of ether oxygens (including phenoxy) is 2. The molecule has 5 rings (SSSR count). The number of hydrogen-bond acceptors (Lipinski definition) is 13. The summed E-state index contributed by atoms with van der Waals surface area (Å²) in [6.07, 6.45) is 8.89. The minimum Gasteiger partial charge on any atom is -0.492 e. The summed E-state index contributed by atoms with van der Waals surface area (Å²) in [5.41, 5.74) is 22.2. The Hall–Kier alpha value is -6.94. The highest BCUT2D eigenvalue weighted by molar-refractivity contribution is 6.00. The van der Waals surface area contributed by atoms with Gasteiger partial charge in [-0.1, -0.05) is 50.5 Å². The number of rotatable bonds is 20. The van der Waals surface area contributed by atoms with Gasteiger partial charge in [-0.3, -0.25) is 24.0 Å². The van der Waals surface area contributed by atoms with Gasteiger partial charge in [0.05, 0.1) is 6.07 Å². The van der Waals surface area contributed by atoms with Crippen molar-refractivity contribution in [3.05, 3.63) is 95.1 Å². The average Bonchev–Trinajstić information content (AvgIpc) is 3.32. The van der Waals surface area contributed by atoms with Gasteiger partial charge in [0.25, 0.3) is 5.91 Å². The van der Waals surface area contributed by atoms with Crippen LogP contribution < -0.4 is 47.9 Å². The monoisotopic (exact) mass is 917 g/mol. The largest absolute Gasteiger partial charge is 0.492 e. The van der Waals surface area contributed by atoms with E-state index in [2.05, 4.69) is 38.2 Å². The Morgan fingerprint density at radius 3 is 2.21 bits per heavy atom. The van der Waals surface area contributed by atoms with Crippen molar-refractivity contribution >= 4 is 29.5 Å². The fraction of sp³-hybridized carbons (Fsp3) is 0.429. The molecule has 2 heterocycles. The Bertz CT molecular complexity index is 2410. The summed E-state index contributed by atoms with van der Waals surface area (Å²) >= 11 is 0. The molecular weight excluding hydrogens is 855 g/mol. The molecule has 0 fully saturated rings. The lowest BCUT2D eigenvalue weighted by molar-refractivity contribution is -0.141. The molecule has 3 aromatic carbocycles. The number of amides is 5. The molecule has 1 aliphatic rings. The van der Waals surface area contributed by atoms with Crippen molar-refractivity contribution < 1.29 is 33.4 Å². The van der Waals surface area contributed by atoms with E-state index < -0.39 is 53.7 Å². The zero-order chi connectivity index (χ0) is 48.5. The van der Waals surface area contributed by atoms with E-state index in [0.717, 1.165) is 42.6 Å². The van der Waals surface area contributed by atoms with Gasteiger partial charge in [0.1, 0.15) is 61.2 Å². The summed E-state index contributed by atoms with van der Waals surface area (Å²) in [6.45, 7) is 5.82. The van der Waals surface area contributed by atoms with Crippen LogP contribution in [0.5, 0.6) is 11.5 Å². The van der Waals surface area contributed by atoms with Gasteiger partial charge in [-0.05, 0) is 85.8 Å². The number of nitrogens with zero attached hydrogens (tertiary/aromatic N) is 4. The molecule has 0 spiro atoms. The second-order valence-electron chi connectivity index (χ2n) is 16.4. The smallest absolute Gasteiger partial charge is 0.252 e. The number of nitrogens with two attached hydrogens (primary N) is 3. The minimum absolute atomic E-state index is 0.00631. The second kappa shape index (κ2) is 25.1. The first-order chi connectivity index (χ1) is 32.3. The molecule has 4 aromatic rings. The van der Waals surface area contributed by atoms with Crippen molar-refractivity contribution in [3.8, 4) is 39.8 Å². The number of unbranched alkanes of at least 4 members (excludes halogenated alkanes) is 3. The van der Waals surface area contributed by atoms with Crippen molar-refractivity contribution in [1.82, 2.24) is 36.1 Å².